The summed E-state index contributed by atoms with van der Waals surface area (Å²) < 4.78 is 0. The minimum Gasteiger partial charge on any atom is -0.366 e. The molecule has 1 amide bonds. The summed E-state index contributed by atoms with van der Waals surface area (Å²) in [5.41, 5.74) is 1.19. The van der Waals surface area contributed by atoms with Crippen molar-refractivity contribution < 1.29 is 9.90 Å². The van der Waals surface area contributed by atoms with Crippen LogP contribution in [0.15, 0.2) is 54.6 Å². The Morgan fingerprint density at radius 3 is 2.48 bits per heavy atom. The van der Waals surface area contributed by atoms with E-state index in [0.717, 1.165) is 30.4 Å². The second-order valence-corrected chi connectivity index (χ2v) is 7.53. The van der Waals surface area contributed by atoms with Crippen LogP contribution in [0.25, 0.3) is 0 Å². The van der Waals surface area contributed by atoms with Gasteiger partial charge in [-0.05, 0) is 30.4 Å². The fourth-order valence-corrected chi connectivity index (χ4v) is 4.61. The van der Waals surface area contributed by atoms with E-state index in [-0.39, 0.29) is 11.9 Å². The highest BCUT2D eigenvalue weighted by atomic mass is 16.3. The highest BCUT2D eigenvalue weighted by Gasteiger charge is 2.52. The van der Waals surface area contributed by atoms with Crippen LogP contribution in [0.1, 0.15) is 54.1 Å². The molecule has 3 heteroatoms. The summed E-state index contributed by atoms with van der Waals surface area (Å²) in [4.78, 5) is 15.0. The number of hydrogen-bond acceptors (Lipinski definition) is 2. The lowest BCUT2D eigenvalue weighted by Crippen LogP contribution is -2.54. The van der Waals surface area contributed by atoms with E-state index in [9.17, 15) is 9.90 Å². The summed E-state index contributed by atoms with van der Waals surface area (Å²) in [7, 11) is 0. The van der Waals surface area contributed by atoms with Gasteiger partial charge in [0.1, 0.15) is 0 Å². The van der Waals surface area contributed by atoms with Crippen molar-refractivity contribution in [3.8, 4) is 0 Å². The number of aliphatic hydroxyl groups is 1. The average Bonchev–Trinajstić information content (AvgIpc) is 2.85. The van der Waals surface area contributed by atoms with Crippen LogP contribution in [0, 0.1) is 5.92 Å². The second-order valence-electron chi connectivity index (χ2n) is 7.53. The van der Waals surface area contributed by atoms with Gasteiger partial charge in [-0.3, -0.25) is 4.79 Å². The Balaban J connectivity index is 1.79. The van der Waals surface area contributed by atoms with Gasteiger partial charge < -0.3 is 10.0 Å². The molecule has 1 aliphatic heterocycles. The van der Waals surface area contributed by atoms with Gasteiger partial charge >= 0.3 is 0 Å². The normalized spacial score (nSPS) is 28.9. The molecular formula is C22H25NO2. The van der Waals surface area contributed by atoms with Gasteiger partial charge in [0.25, 0.3) is 5.91 Å². The lowest BCUT2D eigenvalue weighted by molar-refractivity contribution is -0.115. The van der Waals surface area contributed by atoms with E-state index < -0.39 is 5.72 Å². The number of benzene rings is 2. The Hall–Kier alpha value is -2.13. The van der Waals surface area contributed by atoms with Crippen LogP contribution < -0.4 is 0 Å². The Morgan fingerprint density at radius 1 is 1.04 bits per heavy atom. The Kier molecular flexibility index (Phi) is 4.12. The van der Waals surface area contributed by atoms with Crippen LogP contribution >= 0.6 is 0 Å². The lowest BCUT2D eigenvalue weighted by Gasteiger charge is -2.44. The predicted octanol–water partition coefficient (Wildman–Crippen LogP) is 4.11. The summed E-state index contributed by atoms with van der Waals surface area (Å²) in [6.07, 6.45) is 4.85. The van der Waals surface area contributed by atoms with Crippen molar-refractivity contribution in [2.75, 3.05) is 0 Å². The van der Waals surface area contributed by atoms with Crippen molar-refractivity contribution >= 4 is 5.91 Å². The number of rotatable bonds is 3. The molecular weight excluding hydrogens is 310 g/mol. The van der Waals surface area contributed by atoms with Gasteiger partial charge in [-0.2, -0.15) is 0 Å². The summed E-state index contributed by atoms with van der Waals surface area (Å²) in [6.45, 7) is 2.21. The fraction of sp³-hybridized carbons (Fsp3) is 0.409. The van der Waals surface area contributed by atoms with E-state index in [4.69, 9.17) is 0 Å². The zero-order valence-corrected chi connectivity index (χ0v) is 14.7. The molecule has 1 fully saturated rings. The number of hydrogen-bond donors (Lipinski definition) is 1. The monoisotopic (exact) mass is 335 g/mol. The van der Waals surface area contributed by atoms with Crippen molar-refractivity contribution in [3.05, 3.63) is 71.3 Å². The first kappa shape index (κ1) is 16.3. The first-order valence-electron chi connectivity index (χ1n) is 9.31. The minimum absolute atomic E-state index is 0.0206. The predicted molar refractivity (Wildman–Crippen MR) is 98.1 cm³/mol. The van der Waals surface area contributed by atoms with Crippen LogP contribution in [0.5, 0.6) is 0 Å². The van der Waals surface area contributed by atoms with Gasteiger partial charge in [0.15, 0.2) is 5.72 Å². The fourth-order valence-electron chi connectivity index (χ4n) is 4.61. The maximum atomic E-state index is 13.2. The van der Waals surface area contributed by atoms with Crippen molar-refractivity contribution in [1.29, 1.82) is 0 Å². The van der Waals surface area contributed by atoms with Crippen molar-refractivity contribution in [2.45, 2.75) is 50.8 Å². The summed E-state index contributed by atoms with van der Waals surface area (Å²) in [6, 6.07) is 17.6. The van der Waals surface area contributed by atoms with Crippen molar-refractivity contribution in [2.24, 2.45) is 5.92 Å². The maximum Gasteiger partial charge on any atom is 0.257 e. The number of carbonyl (C=O) groups excluding carboxylic acids is 1. The Morgan fingerprint density at radius 2 is 1.72 bits per heavy atom. The van der Waals surface area contributed by atoms with Crippen LogP contribution in [0.4, 0.5) is 0 Å². The highest BCUT2D eigenvalue weighted by Crippen LogP contribution is 2.44. The highest BCUT2D eigenvalue weighted by molar-refractivity contribution is 6.00. The third-order valence-electron chi connectivity index (χ3n) is 5.90. The Labute approximate surface area is 149 Å². The van der Waals surface area contributed by atoms with Gasteiger partial charge in [0.05, 0.1) is 0 Å². The Bertz CT molecular complexity index is 773. The first-order chi connectivity index (χ1) is 12.1. The zero-order chi connectivity index (χ0) is 17.4. The average molecular weight is 335 g/mol. The summed E-state index contributed by atoms with van der Waals surface area (Å²) >= 11 is 0. The molecule has 1 heterocycles. The van der Waals surface area contributed by atoms with Gasteiger partial charge in [-0.15, -0.1) is 0 Å². The molecule has 4 rings (SSSR count). The molecule has 2 aromatic rings. The molecule has 3 atom stereocenters. The molecule has 2 aliphatic rings. The van der Waals surface area contributed by atoms with Crippen LogP contribution in [0.3, 0.4) is 0 Å². The molecule has 1 N–H and O–H groups in total. The van der Waals surface area contributed by atoms with E-state index in [1.54, 1.807) is 4.90 Å². The quantitative estimate of drug-likeness (QED) is 0.917. The number of nitrogens with zero attached hydrogens (tertiary/aromatic N) is 1. The molecule has 0 aromatic heterocycles. The molecule has 0 spiro atoms. The number of amides is 1. The molecule has 2 aromatic carbocycles. The van der Waals surface area contributed by atoms with E-state index in [2.05, 4.69) is 6.92 Å². The van der Waals surface area contributed by atoms with Gasteiger partial charge in [0.2, 0.25) is 0 Å². The van der Waals surface area contributed by atoms with Crippen LogP contribution in [-0.2, 0) is 12.1 Å². The zero-order valence-electron chi connectivity index (χ0n) is 14.7. The van der Waals surface area contributed by atoms with E-state index >= 15 is 0 Å². The molecule has 0 saturated heterocycles. The van der Waals surface area contributed by atoms with Crippen LogP contribution in [0.2, 0.25) is 0 Å². The lowest BCUT2D eigenvalue weighted by atomic mass is 9.83. The molecule has 1 aliphatic carbocycles. The number of fused-ring (bicyclic) bond motifs is 1. The molecule has 3 unspecified atom stereocenters. The summed E-state index contributed by atoms with van der Waals surface area (Å²) in [5.74, 6) is 0.391. The molecule has 0 bridgehead atoms. The van der Waals surface area contributed by atoms with E-state index in [1.165, 1.54) is 6.42 Å². The summed E-state index contributed by atoms with van der Waals surface area (Å²) in [5, 5.41) is 11.8. The van der Waals surface area contributed by atoms with Gasteiger partial charge in [0, 0.05) is 23.6 Å². The topological polar surface area (TPSA) is 40.5 Å². The molecule has 25 heavy (non-hydrogen) atoms. The minimum atomic E-state index is -1.26. The second kappa shape index (κ2) is 6.30. The van der Waals surface area contributed by atoms with Crippen molar-refractivity contribution in [3.63, 3.8) is 0 Å². The van der Waals surface area contributed by atoms with Gasteiger partial charge in [-0.25, -0.2) is 0 Å². The third kappa shape index (κ3) is 2.67. The van der Waals surface area contributed by atoms with Crippen molar-refractivity contribution in [1.82, 2.24) is 4.90 Å². The van der Waals surface area contributed by atoms with E-state index in [0.29, 0.717) is 17.9 Å². The molecule has 1 saturated carbocycles. The van der Waals surface area contributed by atoms with Gasteiger partial charge in [-0.1, -0.05) is 68.3 Å². The molecule has 130 valence electrons. The SMILES string of the molecule is CC1CCCCC1N1C(=O)c2ccccc2C1(O)Cc1ccccc1. The molecule has 3 nitrogen and oxygen atoms in total. The van der Waals surface area contributed by atoms with Crippen LogP contribution in [-0.4, -0.2) is 22.0 Å². The first-order valence-corrected chi connectivity index (χ1v) is 9.31. The number of carbonyl (C=O) groups is 1. The third-order valence-corrected chi connectivity index (χ3v) is 5.90. The maximum absolute atomic E-state index is 13.2. The standard InChI is InChI=1S/C22H25NO2/c1-16-9-5-8-14-20(16)23-21(24)18-12-6-7-13-19(18)22(23,25)15-17-10-3-2-4-11-17/h2-4,6-7,10-13,16,20,25H,5,8-9,14-15H2,1H3. The van der Waals surface area contributed by atoms with E-state index in [1.807, 2.05) is 54.6 Å². The molecule has 0 radical (unpaired) electrons. The largest absolute Gasteiger partial charge is 0.366 e. The smallest absolute Gasteiger partial charge is 0.257 e.